The van der Waals surface area contributed by atoms with Crippen LogP contribution in [0.4, 0.5) is 5.82 Å². The molecule has 4 heterocycles. The van der Waals surface area contributed by atoms with E-state index in [0.717, 1.165) is 16.7 Å². The number of aromatic nitrogens is 5. The Morgan fingerprint density at radius 1 is 1.26 bits per heavy atom. The summed E-state index contributed by atoms with van der Waals surface area (Å²) in [6.45, 7) is 0.600. The lowest BCUT2D eigenvalue weighted by Crippen LogP contribution is -2.32. The van der Waals surface area contributed by atoms with Crippen LogP contribution in [-0.2, 0) is 25.8 Å². The van der Waals surface area contributed by atoms with Gasteiger partial charge < -0.3 is 20.1 Å². The summed E-state index contributed by atoms with van der Waals surface area (Å²) in [5.74, 6) is 0.277. The Morgan fingerprint density at radius 2 is 2.06 bits per heavy atom. The van der Waals surface area contributed by atoms with E-state index in [1.165, 1.54) is 13.4 Å². The Morgan fingerprint density at radius 3 is 2.82 bits per heavy atom. The molecule has 12 nitrogen and oxygen atoms in total. The fourth-order valence-electron chi connectivity index (χ4n) is 3.96. The molecule has 34 heavy (non-hydrogen) atoms. The van der Waals surface area contributed by atoms with Gasteiger partial charge in [-0.25, -0.2) is 14.2 Å². The van der Waals surface area contributed by atoms with Gasteiger partial charge in [-0.15, -0.1) is 0 Å². The van der Waals surface area contributed by atoms with Crippen LogP contribution in [0.5, 0.6) is 0 Å². The zero-order valence-corrected chi connectivity index (χ0v) is 19.0. The van der Waals surface area contributed by atoms with E-state index in [9.17, 15) is 13.5 Å². The van der Waals surface area contributed by atoms with Crippen molar-refractivity contribution >= 4 is 27.2 Å². The molecule has 0 aliphatic carbocycles. The molecule has 4 N–H and O–H groups in total. The number of anilines is 1. The van der Waals surface area contributed by atoms with Crippen LogP contribution in [0.15, 0.2) is 55.2 Å². The molecule has 0 spiro atoms. The molecule has 4 aromatic rings. The van der Waals surface area contributed by atoms with E-state index in [4.69, 9.17) is 14.7 Å². The SMILES string of the molecule is CNS(=O)(=O)O[C@H]1O[C@@H](n2cc(-c3cnn(Cc4ccccc4)c3)c3c(N)ncnc32)C[C@@H]1O. The summed E-state index contributed by atoms with van der Waals surface area (Å²) in [7, 11) is -2.85. The van der Waals surface area contributed by atoms with Gasteiger partial charge in [-0.2, -0.15) is 18.2 Å². The van der Waals surface area contributed by atoms with Gasteiger partial charge in [-0.05, 0) is 5.56 Å². The molecule has 0 amide bonds. The second-order valence-electron chi connectivity index (χ2n) is 7.84. The first-order valence-corrected chi connectivity index (χ1v) is 11.9. The number of nitrogens with two attached hydrogens (primary N) is 1. The number of nitrogens with zero attached hydrogens (tertiary/aromatic N) is 5. The highest BCUT2D eigenvalue weighted by molar-refractivity contribution is 7.84. The molecule has 1 aliphatic heterocycles. The molecule has 3 atom stereocenters. The van der Waals surface area contributed by atoms with Crippen LogP contribution in [0.25, 0.3) is 22.2 Å². The summed E-state index contributed by atoms with van der Waals surface area (Å²) in [5, 5.41) is 15.4. The maximum atomic E-state index is 11.7. The quantitative estimate of drug-likeness (QED) is 0.347. The largest absolute Gasteiger partial charge is 0.388 e. The molecule has 1 fully saturated rings. The highest BCUT2D eigenvalue weighted by atomic mass is 32.2. The van der Waals surface area contributed by atoms with Gasteiger partial charge >= 0.3 is 10.3 Å². The number of ether oxygens (including phenoxy) is 1. The number of aliphatic hydroxyl groups is 1. The fourth-order valence-corrected chi connectivity index (χ4v) is 4.48. The summed E-state index contributed by atoms with van der Waals surface area (Å²) in [4.78, 5) is 8.48. The minimum Gasteiger partial charge on any atom is -0.388 e. The zero-order chi connectivity index (χ0) is 23.9. The van der Waals surface area contributed by atoms with E-state index in [-0.39, 0.29) is 12.2 Å². The van der Waals surface area contributed by atoms with Gasteiger partial charge in [0.2, 0.25) is 6.29 Å². The second-order valence-corrected chi connectivity index (χ2v) is 9.35. The molecule has 0 bridgehead atoms. The topological polar surface area (TPSA) is 159 Å². The summed E-state index contributed by atoms with van der Waals surface area (Å²) in [5.41, 5.74) is 9.32. The molecule has 1 aliphatic rings. The second kappa shape index (κ2) is 8.77. The Balaban J connectivity index is 1.49. The Kier molecular flexibility index (Phi) is 5.79. The highest BCUT2D eigenvalue weighted by Gasteiger charge is 2.39. The van der Waals surface area contributed by atoms with E-state index >= 15 is 0 Å². The Hall–Kier alpha value is -3.36. The van der Waals surface area contributed by atoms with Crippen molar-refractivity contribution in [3.05, 3.63) is 60.8 Å². The lowest BCUT2D eigenvalue weighted by molar-refractivity contribution is -0.121. The maximum absolute atomic E-state index is 11.7. The maximum Gasteiger partial charge on any atom is 0.338 e. The first-order chi connectivity index (χ1) is 16.3. The lowest BCUT2D eigenvalue weighted by atomic mass is 10.1. The summed E-state index contributed by atoms with van der Waals surface area (Å²) < 4.78 is 39.7. The number of fused-ring (bicyclic) bond motifs is 1. The molecule has 0 radical (unpaired) electrons. The van der Waals surface area contributed by atoms with Crippen LogP contribution < -0.4 is 10.5 Å². The molecule has 1 aromatic carbocycles. The molecule has 5 rings (SSSR count). The van der Waals surface area contributed by atoms with Crippen molar-refractivity contribution in [1.82, 2.24) is 29.0 Å². The first-order valence-electron chi connectivity index (χ1n) is 10.5. The lowest BCUT2D eigenvalue weighted by Gasteiger charge is -2.16. The van der Waals surface area contributed by atoms with Gasteiger partial charge in [0.1, 0.15) is 30.1 Å². The molecule has 178 valence electrons. The van der Waals surface area contributed by atoms with Crippen LogP contribution in [0.3, 0.4) is 0 Å². The molecule has 13 heteroatoms. The molecule has 1 saturated heterocycles. The molecule has 3 aromatic heterocycles. The number of aliphatic hydroxyl groups excluding tert-OH is 1. The summed E-state index contributed by atoms with van der Waals surface area (Å²) in [6, 6.07) is 9.95. The predicted octanol–water partition coefficient (Wildman–Crippen LogP) is 1.01. The van der Waals surface area contributed by atoms with Crippen molar-refractivity contribution in [1.29, 1.82) is 0 Å². The highest BCUT2D eigenvalue weighted by Crippen LogP contribution is 2.38. The molecule has 0 unspecified atom stereocenters. The van der Waals surface area contributed by atoms with E-state index in [0.29, 0.717) is 17.6 Å². The standard InChI is InChI=1S/C21H23N7O5S/c1-23-34(30,31)33-21-16(29)7-17(32-21)28-11-15(18-19(22)24-12-25-20(18)28)14-8-26-27(10-14)9-13-5-3-2-4-6-13/h2-6,8,10-12,16-17,21,23,29H,7,9H2,1H3,(H2,22,24,25)/t16-,17+,21+/m0/s1. The fraction of sp³-hybridized carbons (Fsp3) is 0.286. The first kappa shape index (κ1) is 22.4. The normalized spacial score (nSPS) is 20.8. The van der Waals surface area contributed by atoms with Crippen LogP contribution in [0.1, 0.15) is 18.2 Å². The zero-order valence-electron chi connectivity index (χ0n) is 18.1. The molecular formula is C21H23N7O5S. The molecule has 0 saturated carbocycles. The van der Waals surface area contributed by atoms with Gasteiger partial charge in [0.15, 0.2) is 0 Å². The third-order valence-electron chi connectivity index (χ3n) is 5.60. The van der Waals surface area contributed by atoms with Gasteiger partial charge in [0.05, 0.1) is 18.1 Å². The van der Waals surface area contributed by atoms with Gasteiger partial charge in [0.25, 0.3) is 0 Å². The van der Waals surface area contributed by atoms with Crippen LogP contribution in [0.2, 0.25) is 0 Å². The van der Waals surface area contributed by atoms with E-state index in [1.807, 2.05) is 45.9 Å². The predicted molar refractivity (Wildman–Crippen MR) is 122 cm³/mol. The van der Waals surface area contributed by atoms with Crippen molar-refractivity contribution in [2.45, 2.75) is 31.6 Å². The summed E-state index contributed by atoms with van der Waals surface area (Å²) >= 11 is 0. The number of benzene rings is 1. The van der Waals surface area contributed by atoms with Gasteiger partial charge in [0, 0.05) is 37.0 Å². The third kappa shape index (κ3) is 4.26. The number of rotatable bonds is 7. The number of nitrogen functional groups attached to an aromatic ring is 1. The minimum absolute atomic E-state index is 0.0876. The molecular weight excluding hydrogens is 462 g/mol. The van der Waals surface area contributed by atoms with Gasteiger partial charge in [-0.3, -0.25) is 4.68 Å². The Labute approximate surface area is 195 Å². The van der Waals surface area contributed by atoms with Crippen molar-refractivity contribution in [3.63, 3.8) is 0 Å². The van der Waals surface area contributed by atoms with Gasteiger partial charge in [-0.1, -0.05) is 30.3 Å². The number of nitrogens with one attached hydrogen (secondary N) is 1. The van der Waals surface area contributed by atoms with Crippen molar-refractivity contribution < 1.29 is 22.4 Å². The van der Waals surface area contributed by atoms with Crippen LogP contribution >= 0.6 is 0 Å². The average molecular weight is 486 g/mol. The number of hydrogen-bond donors (Lipinski definition) is 3. The third-order valence-corrected chi connectivity index (χ3v) is 6.54. The van der Waals surface area contributed by atoms with E-state index < -0.39 is 28.9 Å². The average Bonchev–Trinajstić information content (AvgIpc) is 3.52. The van der Waals surface area contributed by atoms with Crippen molar-refractivity contribution in [3.8, 4) is 11.1 Å². The van der Waals surface area contributed by atoms with Crippen molar-refractivity contribution in [2.24, 2.45) is 0 Å². The van der Waals surface area contributed by atoms with Crippen LogP contribution in [-0.4, -0.2) is 57.3 Å². The minimum atomic E-state index is -4.05. The van der Waals surface area contributed by atoms with E-state index in [2.05, 4.69) is 15.1 Å². The number of hydrogen-bond acceptors (Lipinski definition) is 9. The van der Waals surface area contributed by atoms with E-state index in [1.54, 1.807) is 17.0 Å². The van der Waals surface area contributed by atoms with Crippen molar-refractivity contribution in [2.75, 3.05) is 12.8 Å². The smallest absolute Gasteiger partial charge is 0.338 e. The summed E-state index contributed by atoms with van der Waals surface area (Å²) in [6.07, 6.45) is 3.56. The van der Waals surface area contributed by atoms with Crippen LogP contribution in [0, 0.1) is 0 Å². The monoisotopic (exact) mass is 485 g/mol. The Bertz CT molecular complexity index is 1420.